The zero-order valence-corrected chi connectivity index (χ0v) is 20.8. The Hall–Kier alpha value is -3.02. The average molecular weight is 543 g/mol. The number of hydrogen-bond acceptors (Lipinski definition) is 5. The number of benzene rings is 1. The maximum absolute atomic E-state index is 13.8. The number of pyridine rings is 1. The van der Waals surface area contributed by atoms with Crippen LogP contribution < -0.4 is 4.90 Å². The smallest absolute Gasteiger partial charge is 0.369 e. The molecule has 0 radical (unpaired) electrons. The van der Waals surface area contributed by atoms with Crippen molar-refractivity contribution < 1.29 is 26.7 Å². The van der Waals surface area contributed by atoms with Crippen LogP contribution in [0.5, 0.6) is 0 Å². The van der Waals surface area contributed by atoms with Gasteiger partial charge in [-0.05, 0) is 18.4 Å². The number of alkyl halides is 5. The molecule has 198 valence electrons. The zero-order chi connectivity index (χ0) is 26.7. The molecule has 1 fully saturated rings. The molecule has 2 atom stereocenters. The molecule has 3 aromatic rings. The fraction of sp³-hybridized carbons (Fsp3) is 0.500. The summed E-state index contributed by atoms with van der Waals surface area (Å²) in [4.78, 5) is 21.2. The molecule has 1 amide bonds. The molecule has 0 bridgehead atoms. The standard InChI is InChI=1S/C24H24ClF5N6O/c1-13-11-34(20-16-4-3-14(23(2,26)27)9-18(16)31-10-17(20)25)6-5-15(13)21(37)35-7-8-36-19(12-35)32-33-22(36)24(28,29)30/h3-4,9-10,13,15H,5-8,11-12H2,1-2H3/t13-,15+/m1/s1. The fourth-order valence-corrected chi connectivity index (χ4v) is 5.52. The Balaban J connectivity index is 1.32. The molecule has 2 aliphatic heterocycles. The molecule has 37 heavy (non-hydrogen) atoms. The largest absolute Gasteiger partial charge is 0.451 e. The first-order valence-electron chi connectivity index (χ1n) is 11.8. The van der Waals surface area contributed by atoms with Crippen molar-refractivity contribution in [3.8, 4) is 0 Å². The summed E-state index contributed by atoms with van der Waals surface area (Å²) in [6, 6.07) is 4.31. The first-order valence-corrected chi connectivity index (χ1v) is 12.2. The van der Waals surface area contributed by atoms with Gasteiger partial charge in [-0.25, -0.2) is 8.78 Å². The molecular formula is C24H24ClF5N6O. The van der Waals surface area contributed by atoms with Crippen molar-refractivity contribution in [1.82, 2.24) is 24.6 Å². The van der Waals surface area contributed by atoms with Gasteiger partial charge in [0.05, 0.1) is 22.8 Å². The highest BCUT2D eigenvalue weighted by Crippen LogP contribution is 2.39. The molecule has 1 aromatic carbocycles. The van der Waals surface area contributed by atoms with Crippen LogP contribution in [0.2, 0.25) is 5.02 Å². The molecule has 0 saturated carbocycles. The van der Waals surface area contributed by atoms with E-state index in [2.05, 4.69) is 15.2 Å². The van der Waals surface area contributed by atoms with Gasteiger partial charge in [0.2, 0.25) is 11.7 Å². The molecule has 0 unspecified atom stereocenters. The van der Waals surface area contributed by atoms with Crippen LogP contribution in [0.3, 0.4) is 0 Å². The molecule has 0 N–H and O–H groups in total. The second-order valence-corrected chi connectivity index (χ2v) is 10.1. The van der Waals surface area contributed by atoms with E-state index in [1.807, 2.05) is 11.8 Å². The van der Waals surface area contributed by atoms with E-state index in [9.17, 15) is 26.7 Å². The molecule has 5 rings (SSSR count). The number of hydrogen-bond donors (Lipinski definition) is 0. The predicted octanol–water partition coefficient (Wildman–Crippen LogP) is 5.12. The molecule has 4 heterocycles. The minimum atomic E-state index is -4.60. The Morgan fingerprint density at radius 2 is 1.86 bits per heavy atom. The molecule has 13 heteroatoms. The van der Waals surface area contributed by atoms with Gasteiger partial charge in [-0.15, -0.1) is 10.2 Å². The van der Waals surface area contributed by atoms with Crippen molar-refractivity contribution in [2.24, 2.45) is 11.8 Å². The minimum Gasteiger partial charge on any atom is -0.369 e. The number of nitrogens with zero attached hydrogens (tertiary/aromatic N) is 6. The van der Waals surface area contributed by atoms with Gasteiger partial charge in [0.1, 0.15) is 0 Å². The van der Waals surface area contributed by atoms with Crippen molar-refractivity contribution in [2.75, 3.05) is 24.5 Å². The van der Waals surface area contributed by atoms with Gasteiger partial charge in [0.25, 0.3) is 5.92 Å². The third-order valence-corrected chi connectivity index (χ3v) is 7.44. The van der Waals surface area contributed by atoms with Crippen LogP contribution in [0.25, 0.3) is 10.9 Å². The van der Waals surface area contributed by atoms with Crippen LogP contribution in [0, 0.1) is 11.8 Å². The molecule has 2 aliphatic rings. The lowest BCUT2D eigenvalue weighted by molar-refractivity contribution is -0.148. The highest BCUT2D eigenvalue weighted by atomic mass is 35.5. The van der Waals surface area contributed by atoms with Crippen LogP contribution in [0.1, 0.15) is 37.5 Å². The van der Waals surface area contributed by atoms with Gasteiger partial charge in [0.15, 0.2) is 5.82 Å². The summed E-state index contributed by atoms with van der Waals surface area (Å²) >= 11 is 6.49. The van der Waals surface area contributed by atoms with E-state index in [-0.39, 0.29) is 48.8 Å². The fourth-order valence-electron chi connectivity index (χ4n) is 5.25. The second-order valence-electron chi connectivity index (χ2n) is 9.74. The molecule has 7 nitrogen and oxygen atoms in total. The lowest BCUT2D eigenvalue weighted by atomic mass is 9.85. The van der Waals surface area contributed by atoms with Crippen LogP contribution in [0.4, 0.5) is 27.6 Å². The number of amides is 1. The lowest BCUT2D eigenvalue weighted by Gasteiger charge is -2.40. The number of halogens is 6. The van der Waals surface area contributed by atoms with Crippen LogP contribution >= 0.6 is 11.6 Å². The topological polar surface area (TPSA) is 67.2 Å². The van der Waals surface area contributed by atoms with Crippen LogP contribution in [-0.4, -0.2) is 50.2 Å². The van der Waals surface area contributed by atoms with E-state index in [0.29, 0.717) is 41.1 Å². The normalized spacial score (nSPS) is 20.9. The average Bonchev–Trinajstić information content (AvgIpc) is 3.26. The molecule has 0 spiro atoms. The first kappa shape index (κ1) is 25.6. The Morgan fingerprint density at radius 1 is 1.11 bits per heavy atom. The number of fused-ring (bicyclic) bond motifs is 2. The number of aromatic nitrogens is 4. The Bertz CT molecular complexity index is 1350. The number of anilines is 1. The maximum Gasteiger partial charge on any atom is 0.451 e. The maximum atomic E-state index is 13.8. The van der Waals surface area contributed by atoms with Gasteiger partial charge < -0.3 is 14.4 Å². The second kappa shape index (κ2) is 9.07. The minimum absolute atomic E-state index is 0.0203. The zero-order valence-electron chi connectivity index (χ0n) is 20.1. The third kappa shape index (κ3) is 4.71. The summed E-state index contributed by atoms with van der Waals surface area (Å²) in [7, 11) is 0. The van der Waals surface area contributed by atoms with E-state index in [1.54, 1.807) is 11.0 Å². The first-order chi connectivity index (χ1) is 17.3. The van der Waals surface area contributed by atoms with E-state index in [0.717, 1.165) is 11.5 Å². The summed E-state index contributed by atoms with van der Waals surface area (Å²) in [5.41, 5.74) is 0.944. The van der Waals surface area contributed by atoms with Crippen molar-refractivity contribution >= 4 is 34.1 Å². The van der Waals surface area contributed by atoms with E-state index in [4.69, 9.17) is 11.6 Å². The van der Waals surface area contributed by atoms with Crippen LogP contribution in [0.15, 0.2) is 24.4 Å². The summed E-state index contributed by atoms with van der Waals surface area (Å²) < 4.78 is 68.0. The van der Waals surface area contributed by atoms with Crippen molar-refractivity contribution in [2.45, 2.75) is 45.5 Å². The highest BCUT2D eigenvalue weighted by Gasteiger charge is 2.41. The summed E-state index contributed by atoms with van der Waals surface area (Å²) in [5.74, 6) is -4.48. The molecule has 1 saturated heterocycles. The quantitative estimate of drug-likeness (QED) is 0.430. The van der Waals surface area contributed by atoms with Gasteiger partial charge in [-0.1, -0.05) is 30.7 Å². The molecular weight excluding hydrogens is 519 g/mol. The number of carbonyl (C=O) groups excluding carboxylic acids is 1. The number of rotatable bonds is 3. The summed E-state index contributed by atoms with van der Waals surface area (Å²) in [5, 5.41) is 7.96. The van der Waals surface area contributed by atoms with E-state index in [1.165, 1.54) is 18.3 Å². The van der Waals surface area contributed by atoms with Crippen molar-refractivity contribution in [1.29, 1.82) is 0 Å². The van der Waals surface area contributed by atoms with Gasteiger partial charge in [-0.3, -0.25) is 9.78 Å². The Morgan fingerprint density at radius 3 is 2.54 bits per heavy atom. The highest BCUT2D eigenvalue weighted by molar-refractivity contribution is 6.34. The third-order valence-electron chi connectivity index (χ3n) is 7.16. The van der Waals surface area contributed by atoms with E-state index >= 15 is 0 Å². The van der Waals surface area contributed by atoms with E-state index < -0.39 is 17.9 Å². The van der Waals surface area contributed by atoms with Gasteiger partial charge in [-0.2, -0.15) is 13.2 Å². The molecule has 0 aliphatic carbocycles. The SMILES string of the molecule is C[C@@H]1CN(c2c(Cl)cnc3cc(C(C)(F)F)ccc23)CC[C@@H]1C(=O)N1CCn2c(nnc2C(F)(F)F)C1. The summed E-state index contributed by atoms with van der Waals surface area (Å²) in [6.45, 7) is 3.85. The Labute approximate surface area is 214 Å². The Kier molecular flexibility index (Phi) is 6.28. The van der Waals surface area contributed by atoms with Gasteiger partial charge >= 0.3 is 6.18 Å². The predicted molar refractivity (Wildman–Crippen MR) is 126 cm³/mol. The monoisotopic (exact) mass is 542 g/mol. The van der Waals surface area contributed by atoms with Gasteiger partial charge in [0, 0.05) is 56.2 Å². The summed E-state index contributed by atoms with van der Waals surface area (Å²) in [6.07, 6.45) is -2.66. The molecule has 2 aromatic heterocycles. The number of piperidine rings is 1. The van der Waals surface area contributed by atoms with Crippen molar-refractivity contribution in [3.63, 3.8) is 0 Å². The lowest BCUT2D eigenvalue weighted by Crippen LogP contribution is -2.49. The number of carbonyl (C=O) groups is 1. The van der Waals surface area contributed by atoms with Crippen LogP contribution in [-0.2, 0) is 30.0 Å². The van der Waals surface area contributed by atoms with Crippen molar-refractivity contribution in [3.05, 3.63) is 46.6 Å².